The Morgan fingerprint density at radius 2 is 2.00 bits per heavy atom. The minimum absolute atomic E-state index is 0.424. The zero-order valence-electron chi connectivity index (χ0n) is 11.2. The van der Waals surface area contributed by atoms with E-state index in [2.05, 4.69) is 12.2 Å². The zero-order chi connectivity index (χ0) is 13.5. The lowest BCUT2D eigenvalue weighted by molar-refractivity contribution is 0.150. The third-order valence-electron chi connectivity index (χ3n) is 3.01. The molecule has 0 aliphatic carbocycles. The van der Waals surface area contributed by atoms with Gasteiger partial charge in [0, 0.05) is 19.8 Å². The number of ether oxygens (including phenoxy) is 1. The lowest BCUT2D eigenvalue weighted by Crippen LogP contribution is -2.30. The molecule has 1 N–H and O–H groups in total. The maximum Gasteiger partial charge on any atom is 0.0595 e. The van der Waals surface area contributed by atoms with Gasteiger partial charge in [-0.05, 0) is 43.5 Å². The van der Waals surface area contributed by atoms with Crippen molar-refractivity contribution in [1.82, 2.24) is 5.32 Å². The summed E-state index contributed by atoms with van der Waals surface area (Å²) in [6.07, 6.45) is 2.02. The van der Waals surface area contributed by atoms with Crippen molar-refractivity contribution in [2.45, 2.75) is 25.8 Å². The molecule has 0 spiro atoms. The van der Waals surface area contributed by atoms with E-state index in [1.807, 2.05) is 25.2 Å². The van der Waals surface area contributed by atoms with Crippen LogP contribution in [0.2, 0.25) is 10.0 Å². The number of benzene rings is 1. The van der Waals surface area contributed by atoms with Gasteiger partial charge in [0.25, 0.3) is 0 Å². The van der Waals surface area contributed by atoms with E-state index in [1.54, 1.807) is 7.11 Å². The molecule has 0 fully saturated rings. The molecule has 102 valence electrons. The lowest BCUT2D eigenvalue weighted by atomic mass is 9.97. The Bertz CT molecular complexity index is 371. The summed E-state index contributed by atoms with van der Waals surface area (Å²) >= 11 is 11.9. The SMILES string of the molecule is CNC(Cc1ccc(Cl)c(Cl)c1)CC(C)COC. The van der Waals surface area contributed by atoms with E-state index in [0.29, 0.717) is 22.0 Å². The Balaban J connectivity index is 2.59. The van der Waals surface area contributed by atoms with E-state index in [1.165, 1.54) is 5.56 Å². The van der Waals surface area contributed by atoms with Gasteiger partial charge in [-0.3, -0.25) is 0 Å². The normalized spacial score (nSPS) is 14.5. The number of hydrogen-bond donors (Lipinski definition) is 1. The standard InChI is InChI=1S/C14H21Cl2NO/c1-10(9-18-3)6-12(17-2)7-11-4-5-13(15)14(16)8-11/h4-5,8,10,12,17H,6-7,9H2,1-3H3. The molecule has 0 bridgehead atoms. The Hall–Kier alpha value is -0.280. The first-order chi connectivity index (χ1) is 8.56. The average molecular weight is 290 g/mol. The highest BCUT2D eigenvalue weighted by molar-refractivity contribution is 6.42. The van der Waals surface area contributed by atoms with E-state index in [0.717, 1.165) is 19.4 Å². The molecule has 0 heterocycles. The van der Waals surface area contributed by atoms with Gasteiger partial charge in [-0.15, -0.1) is 0 Å². The van der Waals surface area contributed by atoms with E-state index < -0.39 is 0 Å². The van der Waals surface area contributed by atoms with Gasteiger partial charge in [0.2, 0.25) is 0 Å². The topological polar surface area (TPSA) is 21.3 Å². The number of hydrogen-bond acceptors (Lipinski definition) is 2. The van der Waals surface area contributed by atoms with Crippen LogP contribution < -0.4 is 5.32 Å². The molecule has 2 atom stereocenters. The Kier molecular flexibility index (Phi) is 7.02. The van der Waals surface area contributed by atoms with Crippen LogP contribution in [-0.4, -0.2) is 26.8 Å². The van der Waals surface area contributed by atoms with Gasteiger partial charge in [0.1, 0.15) is 0 Å². The summed E-state index contributed by atoms with van der Waals surface area (Å²) < 4.78 is 5.17. The minimum atomic E-state index is 0.424. The van der Waals surface area contributed by atoms with Crippen LogP contribution in [0.3, 0.4) is 0 Å². The van der Waals surface area contributed by atoms with E-state index in [4.69, 9.17) is 27.9 Å². The second kappa shape index (κ2) is 8.00. The van der Waals surface area contributed by atoms with Crippen molar-refractivity contribution in [3.05, 3.63) is 33.8 Å². The van der Waals surface area contributed by atoms with Crippen LogP contribution in [0.5, 0.6) is 0 Å². The van der Waals surface area contributed by atoms with Gasteiger partial charge in [0.05, 0.1) is 10.0 Å². The van der Waals surface area contributed by atoms with Gasteiger partial charge < -0.3 is 10.1 Å². The second-order valence-corrected chi connectivity index (χ2v) is 5.55. The zero-order valence-corrected chi connectivity index (χ0v) is 12.7. The van der Waals surface area contributed by atoms with Crippen molar-refractivity contribution < 1.29 is 4.74 Å². The molecule has 0 aromatic heterocycles. The van der Waals surface area contributed by atoms with Crippen LogP contribution in [0.1, 0.15) is 18.9 Å². The molecule has 18 heavy (non-hydrogen) atoms. The summed E-state index contributed by atoms with van der Waals surface area (Å²) in [5.74, 6) is 0.537. The summed E-state index contributed by atoms with van der Waals surface area (Å²) in [7, 11) is 3.73. The van der Waals surface area contributed by atoms with Crippen molar-refractivity contribution >= 4 is 23.2 Å². The molecular formula is C14H21Cl2NO. The predicted molar refractivity (Wildman–Crippen MR) is 78.7 cm³/mol. The maximum absolute atomic E-state index is 6.02. The summed E-state index contributed by atoms with van der Waals surface area (Å²) in [6.45, 7) is 2.99. The summed E-state index contributed by atoms with van der Waals surface area (Å²) in [5, 5.41) is 4.57. The minimum Gasteiger partial charge on any atom is -0.384 e. The molecule has 1 aromatic carbocycles. The summed E-state index contributed by atoms with van der Waals surface area (Å²) in [4.78, 5) is 0. The summed E-state index contributed by atoms with van der Waals surface area (Å²) in [6, 6.07) is 6.24. The number of methoxy groups -OCH3 is 1. The molecule has 0 saturated heterocycles. The van der Waals surface area contributed by atoms with Gasteiger partial charge in [-0.25, -0.2) is 0 Å². The molecule has 2 nitrogen and oxygen atoms in total. The van der Waals surface area contributed by atoms with Crippen LogP contribution in [0, 0.1) is 5.92 Å². The van der Waals surface area contributed by atoms with Gasteiger partial charge in [-0.1, -0.05) is 36.2 Å². The van der Waals surface area contributed by atoms with Crippen molar-refractivity contribution in [3.63, 3.8) is 0 Å². The van der Waals surface area contributed by atoms with Crippen LogP contribution in [-0.2, 0) is 11.2 Å². The van der Waals surface area contributed by atoms with E-state index in [9.17, 15) is 0 Å². The first kappa shape index (κ1) is 15.8. The molecule has 0 aliphatic heterocycles. The smallest absolute Gasteiger partial charge is 0.0595 e. The quantitative estimate of drug-likeness (QED) is 0.824. The fourth-order valence-corrected chi connectivity index (χ4v) is 2.41. The van der Waals surface area contributed by atoms with Crippen molar-refractivity contribution in [2.24, 2.45) is 5.92 Å². The number of nitrogens with one attached hydrogen (secondary N) is 1. The Morgan fingerprint density at radius 1 is 1.28 bits per heavy atom. The Labute approximate surface area is 120 Å². The molecule has 1 rings (SSSR count). The predicted octanol–water partition coefficient (Wildman–Crippen LogP) is 3.80. The number of halogens is 2. The number of likely N-dealkylation sites (N-methyl/N-ethyl adjacent to an activating group) is 1. The van der Waals surface area contributed by atoms with E-state index >= 15 is 0 Å². The van der Waals surface area contributed by atoms with Crippen LogP contribution in [0.4, 0.5) is 0 Å². The Morgan fingerprint density at radius 3 is 2.56 bits per heavy atom. The number of rotatable bonds is 7. The molecule has 1 aromatic rings. The molecule has 0 amide bonds. The largest absolute Gasteiger partial charge is 0.384 e. The van der Waals surface area contributed by atoms with Crippen LogP contribution in [0.25, 0.3) is 0 Å². The third-order valence-corrected chi connectivity index (χ3v) is 3.75. The molecule has 0 radical (unpaired) electrons. The van der Waals surface area contributed by atoms with Gasteiger partial charge in [-0.2, -0.15) is 0 Å². The molecule has 4 heteroatoms. The summed E-state index contributed by atoms with van der Waals surface area (Å²) in [5.41, 5.74) is 1.20. The van der Waals surface area contributed by atoms with Crippen molar-refractivity contribution in [2.75, 3.05) is 20.8 Å². The highest BCUT2D eigenvalue weighted by Crippen LogP contribution is 2.23. The van der Waals surface area contributed by atoms with Crippen LogP contribution >= 0.6 is 23.2 Å². The average Bonchev–Trinajstić information content (AvgIpc) is 2.33. The fourth-order valence-electron chi connectivity index (χ4n) is 2.09. The van der Waals surface area contributed by atoms with Crippen molar-refractivity contribution in [1.29, 1.82) is 0 Å². The highest BCUT2D eigenvalue weighted by Gasteiger charge is 2.12. The molecule has 2 unspecified atom stereocenters. The van der Waals surface area contributed by atoms with Gasteiger partial charge in [0.15, 0.2) is 0 Å². The molecular weight excluding hydrogens is 269 g/mol. The first-order valence-corrected chi connectivity index (χ1v) is 6.92. The van der Waals surface area contributed by atoms with Gasteiger partial charge >= 0.3 is 0 Å². The maximum atomic E-state index is 6.02. The highest BCUT2D eigenvalue weighted by atomic mass is 35.5. The second-order valence-electron chi connectivity index (χ2n) is 4.73. The first-order valence-electron chi connectivity index (χ1n) is 6.17. The molecule has 0 aliphatic rings. The monoisotopic (exact) mass is 289 g/mol. The van der Waals surface area contributed by atoms with Crippen LogP contribution in [0.15, 0.2) is 18.2 Å². The van der Waals surface area contributed by atoms with Crippen molar-refractivity contribution in [3.8, 4) is 0 Å². The fraction of sp³-hybridized carbons (Fsp3) is 0.571. The molecule has 0 saturated carbocycles. The third kappa shape index (κ3) is 5.15. The van der Waals surface area contributed by atoms with E-state index in [-0.39, 0.29) is 0 Å². The lowest BCUT2D eigenvalue weighted by Gasteiger charge is -2.20.